The molecule has 0 unspecified atom stereocenters. The van der Waals surface area contributed by atoms with Crippen LogP contribution in [0.3, 0.4) is 0 Å². The summed E-state index contributed by atoms with van der Waals surface area (Å²) in [6.07, 6.45) is 0. The van der Waals surface area contributed by atoms with Gasteiger partial charge in [-0.05, 0) is 32.4 Å². The molecule has 0 aromatic heterocycles. The smallest absolute Gasteiger partial charge is 0.274 e. The Labute approximate surface area is 99.9 Å². The number of nitro groups is 1. The topological polar surface area (TPSA) is 89.3 Å². The van der Waals surface area contributed by atoms with Crippen LogP contribution in [0.1, 0.15) is 18.1 Å². The maximum Gasteiger partial charge on any atom is 0.274 e. The lowest BCUT2D eigenvalue weighted by atomic mass is 10.1. The van der Waals surface area contributed by atoms with Gasteiger partial charge in [0, 0.05) is 11.6 Å². The quantitative estimate of drug-likeness (QED) is 0.660. The Morgan fingerprint density at radius 1 is 1.29 bits per heavy atom. The number of hydrogen-bond donors (Lipinski definition) is 1. The average Bonchev–Trinajstić information content (AvgIpc) is 2.21. The van der Waals surface area contributed by atoms with Crippen molar-refractivity contribution in [2.75, 3.05) is 10.5 Å². The van der Waals surface area contributed by atoms with Gasteiger partial charge in [0.1, 0.15) is 0 Å². The van der Waals surface area contributed by atoms with Gasteiger partial charge in [0.15, 0.2) is 0 Å². The molecule has 6 nitrogen and oxygen atoms in total. The molecular weight excluding hydrogens is 244 g/mol. The largest absolute Gasteiger partial charge is 0.283 e. The molecule has 0 spiro atoms. The Morgan fingerprint density at radius 2 is 1.88 bits per heavy atom. The zero-order valence-electron chi connectivity index (χ0n) is 9.85. The molecule has 1 rings (SSSR count). The van der Waals surface area contributed by atoms with Gasteiger partial charge < -0.3 is 0 Å². The Hall–Kier alpha value is -1.63. The van der Waals surface area contributed by atoms with Crippen LogP contribution >= 0.6 is 0 Å². The van der Waals surface area contributed by atoms with Crippen molar-refractivity contribution in [3.63, 3.8) is 0 Å². The minimum absolute atomic E-state index is 0.0753. The highest BCUT2D eigenvalue weighted by molar-refractivity contribution is 7.92. The van der Waals surface area contributed by atoms with Gasteiger partial charge in [-0.2, -0.15) is 0 Å². The van der Waals surface area contributed by atoms with Crippen LogP contribution in [0, 0.1) is 24.0 Å². The van der Waals surface area contributed by atoms with Crippen LogP contribution < -0.4 is 4.72 Å². The van der Waals surface area contributed by atoms with Crippen molar-refractivity contribution in [3.8, 4) is 0 Å². The van der Waals surface area contributed by atoms with Crippen LogP contribution in [0.25, 0.3) is 0 Å². The van der Waals surface area contributed by atoms with Gasteiger partial charge in [-0.3, -0.25) is 14.8 Å². The van der Waals surface area contributed by atoms with Gasteiger partial charge in [0.2, 0.25) is 10.0 Å². The standard InChI is InChI=1S/C10H14N2O4S/c1-4-17(15,16)11-9-6-10(12(13)14)8(3)5-7(9)2/h5-6,11H,4H2,1-3H3. The number of benzene rings is 1. The summed E-state index contributed by atoms with van der Waals surface area (Å²) in [5.74, 6) is -0.0753. The lowest BCUT2D eigenvalue weighted by Gasteiger charge is -2.10. The molecule has 0 radical (unpaired) electrons. The van der Waals surface area contributed by atoms with E-state index in [9.17, 15) is 18.5 Å². The van der Waals surface area contributed by atoms with Crippen molar-refractivity contribution in [1.29, 1.82) is 0 Å². The predicted octanol–water partition coefficient (Wildman–Crippen LogP) is 1.97. The number of sulfonamides is 1. The summed E-state index contributed by atoms with van der Waals surface area (Å²) < 4.78 is 25.1. The zero-order valence-corrected chi connectivity index (χ0v) is 10.7. The van der Waals surface area contributed by atoms with E-state index in [4.69, 9.17) is 0 Å². The predicted molar refractivity (Wildman–Crippen MR) is 65.7 cm³/mol. The fourth-order valence-corrected chi connectivity index (χ4v) is 2.09. The van der Waals surface area contributed by atoms with Crippen molar-refractivity contribution in [2.45, 2.75) is 20.8 Å². The molecule has 0 amide bonds. The van der Waals surface area contributed by atoms with E-state index in [2.05, 4.69) is 4.72 Å². The molecule has 0 aliphatic rings. The molecule has 0 aliphatic heterocycles. The van der Waals surface area contributed by atoms with Gasteiger partial charge in [-0.25, -0.2) is 8.42 Å². The fourth-order valence-electron chi connectivity index (χ4n) is 1.39. The van der Waals surface area contributed by atoms with Gasteiger partial charge in [-0.1, -0.05) is 0 Å². The van der Waals surface area contributed by atoms with Gasteiger partial charge in [0.05, 0.1) is 16.4 Å². The molecule has 94 valence electrons. The van der Waals surface area contributed by atoms with Gasteiger partial charge >= 0.3 is 0 Å². The molecule has 0 aliphatic carbocycles. The van der Waals surface area contributed by atoms with E-state index >= 15 is 0 Å². The number of nitro benzene ring substituents is 1. The van der Waals surface area contributed by atoms with Gasteiger partial charge in [-0.15, -0.1) is 0 Å². The molecule has 1 aromatic rings. The minimum Gasteiger partial charge on any atom is -0.283 e. The zero-order chi connectivity index (χ0) is 13.2. The van der Waals surface area contributed by atoms with Gasteiger partial charge in [0.25, 0.3) is 5.69 Å². The first-order chi connectivity index (χ1) is 7.76. The van der Waals surface area contributed by atoms with Crippen LogP contribution in [0.5, 0.6) is 0 Å². The van der Waals surface area contributed by atoms with E-state index in [1.807, 2.05) is 0 Å². The third-order valence-electron chi connectivity index (χ3n) is 2.39. The van der Waals surface area contributed by atoms with Crippen molar-refractivity contribution >= 4 is 21.4 Å². The van der Waals surface area contributed by atoms with E-state index in [1.165, 1.54) is 13.0 Å². The van der Waals surface area contributed by atoms with Crippen LogP contribution in [0.4, 0.5) is 11.4 Å². The second-order valence-electron chi connectivity index (χ2n) is 3.72. The molecule has 7 heteroatoms. The number of anilines is 1. The molecule has 0 heterocycles. The number of rotatable bonds is 4. The third-order valence-corrected chi connectivity index (χ3v) is 3.68. The second kappa shape index (κ2) is 4.70. The minimum atomic E-state index is -3.42. The molecular formula is C10H14N2O4S. The van der Waals surface area contributed by atoms with E-state index in [0.717, 1.165) is 0 Å². The molecule has 1 N–H and O–H groups in total. The Balaban J connectivity index is 3.26. The fraction of sp³-hybridized carbons (Fsp3) is 0.400. The second-order valence-corrected chi connectivity index (χ2v) is 5.73. The molecule has 0 atom stereocenters. The molecule has 0 saturated carbocycles. The van der Waals surface area contributed by atoms with Crippen LogP contribution in [-0.4, -0.2) is 19.1 Å². The Morgan fingerprint density at radius 3 is 2.35 bits per heavy atom. The van der Waals surface area contributed by atoms with Crippen molar-refractivity contribution in [1.82, 2.24) is 0 Å². The van der Waals surface area contributed by atoms with Crippen LogP contribution in [0.2, 0.25) is 0 Å². The SMILES string of the molecule is CCS(=O)(=O)Nc1cc([N+](=O)[O-])c(C)cc1C. The normalized spacial score (nSPS) is 11.2. The third kappa shape index (κ3) is 3.16. The van der Waals surface area contributed by atoms with Crippen LogP contribution in [-0.2, 0) is 10.0 Å². The molecule has 0 bridgehead atoms. The van der Waals surface area contributed by atoms with E-state index < -0.39 is 14.9 Å². The van der Waals surface area contributed by atoms with Crippen molar-refractivity contribution in [3.05, 3.63) is 33.4 Å². The lowest BCUT2D eigenvalue weighted by Crippen LogP contribution is -2.15. The number of nitrogens with one attached hydrogen (secondary N) is 1. The summed E-state index contributed by atoms with van der Waals surface area (Å²) in [6.45, 7) is 4.81. The summed E-state index contributed by atoms with van der Waals surface area (Å²) in [6, 6.07) is 2.84. The van der Waals surface area contributed by atoms with Crippen molar-refractivity contribution < 1.29 is 13.3 Å². The van der Waals surface area contributed by atoms with E-state index in [-0.39, 0.29) is 17.1 Å². The summed E-state index contributed by atoms with van der Waals surface area (Å²) in [5.41, 5.74) is 1.32. The highest BCUT2D eigenvalue weighted by Crippen LogP contribution is 2.26. The first-order valence-electron chi connectivity index (χ1n) is 5.03. The molecule has 0 fully saturated rings. The number of nitrogens with zero attached hydrogens (tertiary/aromatic N) is 1. The van der Waals surface area contributed by atoms with E-state index in [1.54, 1.807) is 19.9 Å². The summed E-state index contributed by atoms with van der Waals surface area (Å²) in [7, 11) is -3.42. The summed E-state index contributed by atoms with van der Waals surface area (Å²) in [4.78, 5) is 10.2. The maximum absolute atomic E-state index is 11.4. The maximum atomic E-state index is 11.4. The first kappa shape index (κ1) is 13.4. The molecule has 17 heavy (non-hydrogen) atoms. The summed E-state index contributed by atoms with van der Waals surface area (Å²) >= 11 is 0. The van der Waals surface area contributed by atoms with E-state index in [0.29, 0.717) is 11.1 Å². The average molecular weight is 258 g/mol. The Bertz CT molecular complexity index is 552. The monoisotopic (exact) mass is 258 g/mol. The first-order valence-corrected chi connectivity index (χ1v) is 6.68. The highest BCUT2D eigenvalue weighted by atomic mass is 32.2. The lowest BCUT2D eigenvalue weighted by molar-refractivity contribution is -0.385. The van der Waals surface area contributed by atoms with Crippen molar-refractivity contribution in [2.24, 2.45) is 0 Å². The number of hydrogen-bond acceptors (Lipinski definition) is 4. The van der Waals surface area contributed by atoms with Crippen LogP contribution in [0.15, 0.2) is 12.1 Å². The Kier molecular flexibility index (Phi) is 3.72. The molecule has 0 saturated heterocycles. The number of aryl methyl sites for hydroxylation is 2. The molecule has 1 aromatic carbocycles. The highest BCUT2D eigenvalue weighted by Gasteiger charge is 2.16. The summed E-state index contributed by atoms with van der Waals surface area (Å²) in [5, 5.41) is 10.7.